The highest BCUT2D eigenvalue weighted by Gasteiger charge is 2.41. The van der Waals surface area contributed by atoms with Crippen LogP contribution in [0.1, 0.15) is 47.7 Å². The van der Waals surface area contributed by atoms with Gasteiger partial charge in [0.05, 0.1) is 0 Å². The second-order valence-electron chi connectivity index (χ2n) is 8.44. The zero-order chi connectivity index (χ0) is 22.9. The van der Waals surface area contributed by atoms with E-state index in [2.05, 4.69) is 26.7 Å². The molecule has 3 aromatic rings. The molecule has 0 saturated carbocycles. The first kappa shape index (κ1) is 21.3. The molecular weight excluding hydrogens is 432 g/mol. The van der Waals surface area contributed by atoms with Gasteiger partial charge in [-0.25, -0.2) is 4.98 Å². The van der Waals surface area contributed by atoms with Crippen molar-refractivity contribution in [3.05, 3.63) is 98.9 Å². The molecule has 0 radical (unpaired) electrons. The molecule has 3 aromatic heterocycles. The monoisotopic (exact) mass is 456 g/mol. The number of allylic oxidation sites excluding steroid dienone is 3. The molecule has 0 fully saturated rings. The standard InChI is InChI=1S/C26H24N4O2S/c1-15-6-3-9-22(28-15)30-26(32)23-16(2)29-19-12-18(21-8-5-11-33-21)13-20(31)25(19)24(23)17-7-4-10-27-14-17/h3-11,14,18,24,29H,12-13H2,1-2H3,(H,28,30,32)/t18-,24+/m1/s1. The van der Waals surface area contributed by atoms with Crippen molar-refractivity contribution >= 4 is 28.8 Å². The van der Waals surface area contributed by atoms with Gasteiger partial charge in [0.2, 0.25) is 0 Å². The van der Waals surface area contributed by atoms with Crippen molar-refractivity contribution in [2.24, 2.45) is 0 Å². The second-order valence-corrected chi connectivity index (χ2v) is 9.42. The molecule has 0 unspecified atom stereocenters. The van der Waals surface area contributed by atoms with Crippen molar-refractivity contribution in [3.63, 3.8) is 0 Å². The Morgan fingerprint density at radius 2 is 2.00 bits per heavy atom. The summed E-state index contributed by atoms with van der Waals surface area (Å²) in [4.78, 5) is 36.9. The van der Waals surface area contributed by atoms with Gasteiger partial charge >= 0.3 is 0 Å². The third-order valence-corrected chi connectivity index (χ3v) is 7.20. The molecule has 2 atom stereocenters. The van der Waals surface area contributed by atoms with Crippen LogP contribution in [0.4, 0.5) is 5.82 Å². The zero-order valence-corrected chi connectivity index (χ0v) is 19.3. The maximum atomic E-state index is 13.5. The molecule has 0 spiro atoms. The Kier molecular flexibility index (Phi) is 5.64. The van der Waals surface area contributed by atoms with Gasteiger partial charge in [0, 0.05) is 63.8 Å². The molecule has 7 heteroatoms. The Balaban J connectivity index is 1.55. The van der Waals surface area contributed by atoms with Crippen molar-refractivity contribution in [2.75, 3.05) is 5.32 Å². The fourth-order valence-corrected chi connectivity index (χ4v) is 5.57. The van der Waals surface area contributed by atoms with E-state index in [-0.39, 0.29) is 17.6 Å². The third kappa shape index (κ3) is 4.12. The summed E-state index contributed by atoms with van der Waals surface area (Å²) in [7, 11) is 0. The van der Waals surface area contributed by atoms with Gasteiger partial charge in [0.15, 0.2) is 5.78 Å². The van der Waals surface area contributed by atoms with E-state index in [1.165, 1.54) is 4.88 Å². The van der Waals surface area contributed by atoms with E-state index < -0.39 is 5.92 Å². The Morgan fingerprint density at radius 3 is 2.73 bits per heavy atom. The minimum atomic E-state index is -0.475. The van der Waals surface area contributed by atoms with Gasteiger partial charge in [-0.15, -0.1) is 11.3 Å². The fraction of sp³-hybridized carbons (Fsp3) is 0.231. The number of carbonyl (C=O) groups is 2. The van der Waals surface area contributed by atoms with Crippen LogP contribution < -0.4 is 10.6 Å². The van der Waals surface area contributed by atoms with Crippen LogP contribution in [0.15, 0.2) is 82.8 Å². The average Bonchev–Trinajstić information content (AvgIpc) is 3.33. The second kappa shape index (κ2) is 8.75. The van der Waals surface area contributed by atoms with Crippen LogP contribution in [0.2, 0.25) is 0 Å². The van der Waals surface area contributed by atoms with Crippen molar-refractivity contribution < 1.29 is 9.59 Å². The number of aromatic nitrogens is 2. The molecule has 2 aliphatic rings. The van der Waals surface area contributed by atoms with E-state index in [9.17, 15) is 9.59 Å². The quantitative estimate of drug-likeness (QED) is 0.587. The summed E-state index contributed by atoms with van der Waals surface area (Å²) in [6, 6.07) is 13.4. The molecule has 1 aliphatic heterocycles. The molecule has 33 heavy (non-hydrogen) atoms. The predicted molar refractivity (Wildman–Crippen MR) is 129 cm³/mol. The number of hydrogen-bond donors (Lipinski definition) is 2. The summed E-state index contributed by atoms with van der Waals surface area (Å²) in [5.41, 5.74) is 4.48. The number of dihydropyridines is 1. The van der Waals surface area contributed by atoms with Crippen molar-refractivity contribution in [1.29, 1.82) is 0 Å². The minimum absolute atomic E-state index is 0.0717. The molecule has 4 heterocycles. The van der Waals surface area contributed by atoms with Gasteiger partial charge in [-0.2, -0.15) is 0 Å². The van der Waals surface area contributed by atoms with Crippen LogP contribution in [-0.4, -0.2) is 21.7 Å². The number of rotatable bonds is 4. The number of Topliss-reactive ketones (excluding diaryl/α,β-unsaturated/α-hetero) is 1. The molecule has 0 aromatic carbocycles. The molecule has 166 valence electrons. The van der Waals surface area contributed by atoms with Crippen molar-refractivity contribution in [2.45, 2.75) is 38.5 Å². The molecule has 5 rings (SSSR count). The first-order chi connectivity index (χ1) is 16.0. The zero-order valence-electron chi connectivity index (χ0n) is 18.5. The number of nitrogens with zero attached hydrogens (tertiary/aromatic N) is 2. The minimum Gasteiger partial charge on any atom is -0.362 e. The van der Waals surface area contributed by atoms with Crippen LogP contribution in [0, 0.1) is 6.92 Å². The smallest absolute Gasteiger partial charge is 0.255 e. The lowest BCUT2D eigenvalue weighted by Gasteiger charge is -2.36. The predicted octanol–water partition coefficient (Wildman–Crippen LogP) is 4.85. The summed E-state index contributed by atoms with van der Waals surface area (Å²) in [6.45, 7) is 3.77. The van der Waals surface area contributed by atoms with Crippen molar-refractivity contribution in [1.82, 2.24) is 15.3 Å². The number of anilines is 1. The lowest BCUT2D eigenvalue weighted by Crippen LogP contribution is -2.37. The Bertz CT molecular complexity index is 1280. The number of thiophene rings is 1. The Morgan fingerprint density at radius 1 is 1.12 bits per heavy atom. The van der Waals surface area contributed by atoms with Crippen LogP contribution in [0.5, 0.6) is 0 Å². The van der Waals surface area contributed by atoms with E-state index in [1.54, 1.807) is 29.8 Å². The van der Waals surface area contributed by atoms with Gasteiger partial charge in [-0.1, -0.05) is 18.2 Å². The number of ketones is 1. The molecule has 0 bridgehead atoms. The number of hydrogen-bond acceptors (Lipinski definition) is 6. The molecule has 6 nitrogen and oxygen atoms in total. The number of nitrogens with one attached hydrogen (secondary N) is 2. The first-order valence-electron chi connectivity index (χ1n) is 10.9. The van der Waals surface area contributed by atoms with E-state index in [4.69, 9.17) is 0 Å². The summed E-state index contributed by atoms with van der Waals surface area (Å²) < 4.78 is 0. The Hall–Kier alpha value is -3.58. The maximum Gasteiger partial charge on any atom is 0.255 e. The highest BCUT2D eigenvalue weighted by Crippen LogP contribution is 2.46. The average molecular weight is 457 g/mol. The van der Waals surface area contributed by atoms with Crippen LogP contribution in [0.25, 0.3) is 0 Å². The number of carbonyl (C=O) groups excluding carboxylic acids is 2. The van der Waals surface area contributed by atoms with Crippen LogP contribution in [0.3, 0.4) is 0 Å². The van der Waals surface area contributed by atoms with E-state index in [0.29, 0.717) is 23.4 Å². The number of aryl methyl sites for hydroxylation is 1. The van der Waals surface area contributed by atoms with Crippen LogP contribution in [-0.2, 0) is 9.59 Å². The summed E-state index contributed by atoms with van der Waals surface area (Å²) in [6.07, 6.45) is 4.61. The fourth-order valence-electron chi connectivity index (χ4n) is 4.74. The van der Waals surface area contributed by atoms with Gasteiger partial charge in [0.25, 0.3) is 5.91 Å². The summed E-state index contributed by atoms with van der Waals surface area (Å²) in [5, 5.41) is 8.38. The highest BCUT2D eigenvalue weighted by molar-refractivity contribution is 7.10. The third-order valence-electron chi connectivity index (χ3n) is 6.17. The SMILES string of the molecule is CC1=C(C(=O)Nc2cccc(C)n2)[C@H](c2cccnc2)C2=C(C[C@@H](c3cccs3)CC2=O)N1. The highest BCUT2D eigenvalue weighted by atomic mass is 32.1. The van der Waals surface area contributed by atoms with Crippen LogP contribution >= 0.6 is 11.3 Å². The van der Waals surface area contributed by atoms with Gasteiger partial charge in [-0.05, 0) is 55.5 Å². The largest absolute Gasteiger partial charge is 0.362 e. The molecule has 2 N–H and O–H groups in total. The van der Waals surface area contributed by atoms with Gasteiger partial charge < -0.3 is 10.6 Å². The number of amides is 1. The topological polar surface area (TPSA) is 84.0 Å². The van der Waals surface area contributed by atoms with Crippen molar-refractivity contribution in [3.8, 4) is 0 Å². The molecule has 1 amide bonds. The first-order valence-corrected chi connectivity index (χ1v) is 11.8. The van der Waals surface area contributed by atoms with E-state index in [1.807, 2.05) is 49.6 Å². The lowest BCUT2D eigenvalue weighted by molar-refractivity contribution is -0.116. The lowest BCUT2D eigenvalue weighted by atomic mass is 9.73. The maximum absolute atomic E-state index is 13.5. The summed E-state index contributed by atoms with van der Waals surface area (Å²) in [5.74, 6) is -0.0403. The molecular formula is C26H24N4O2S. The molecule has 1 aliphatic carbocycles. The summed E-state index contributed by atoms with van der Waals surface area (Å²) >= 11 is 1.68. The van der Waals surface area contributed by atoms with Gasteiger partial charge in [0.1, 0.15) is 5.82 Å². The van der Waals surface area contributed by atoms with Gasteiger partial charge in [-0.3, -0.25) is 14.6 Å². The number of pyridine rings is 2. The molecule has 0 saturated heterocycles. The normalized spacial score (nSPS) is 20.4. The van der Waals surface area contributed by atoms with E-state index in [0.717, 1.165) is 29.1 Å². The van der Waals surface area contributed by atoms with E-state index >= 15 is 0 Å². The Labute approximate surface area is 196 Å².